The molecule has 0 aliphatic heterocycles. The van der Waals surface area contributed by atoms with E-state index in [1.165, 1.54) is 37.5 Å². The van der Waals surface area contributed by atoms with Crippen LogP contribution in [-0.4, -0.2) is 108 Å². The molecule has 0 saturated carbocycles. The van der Waals surface area contributed by atoms with Gasteiger partial charge in [-0.05, 0) is 52.6 Å². The third kappa shape index (κ3) is 12.9. The van der Waals surface area contributed by atoms with Gasteiger partial charge in [0, 0.05) is 22.8 Å². The summed E-state index contributed by atoms with van der Waals surface area (Å²) in [6, 6.07) is -0.00899. The van der Waals surface area contributed by atoms with Crippen molar-refractivity contribution < 1.29 is 38.9 Å². The number of rotatable bonds is 18. The molecule has 44 heavy (non-hydrogen) atoms. The van der Waals surface area contributed by atoms with Gasteiger partial charge in [0.2, 0.25) is 0 Å². The van der Waals surface area contributed by atoms with Crippen LogP contribution in [0, 0.1) is 11.8 Å². The molecule has 0 bridgehead atoms. The van der Waals surface area contributed by atoms with Crippen molar-refractivity contribution in [1.29, 1.82) is 0 Å². The summed E-state index contributed by atoms with van der Waals surface area (Å²) in [6.45, 7) is 12.1. The van der Waals surface area contributed by atoms with Crippen LogP contribution in [0.4, 0.5) is 0 Å². The molecule has 2 N–H and O–H groups in total. The zero-order valence-electron chi connectivity index (χ0n) is 26.7. The van der Waals surface area contributed by atoms with Crippen molar-refractivity contribution in [2.24, 2.45) is 11.8 Å². The quantitative estimate of drug-likeness (QED) is 0.138. The maximum atomic E-state index is 11.6. The molecule has 2 rings (SSSR count). The second kappa shape index (κ2) is 20.5. The summed E-state index contributed by atoms with van der Waals surface area (Å²) < 4.78 is 9.76. The standard InChI is InChI=1S/2C14H22BN2O4S/c2*1-5-21-14(20)10-7-22-13(16-10)12(19)6-11(9(2)3)17(4)15-8-18/h2*7-9,11-12,19H,5-6H2,1-4H3/t11?,12-;11-,12+/m00/s1. The van der Waals surface area contributed by atoms with Crippen LogP contribution < -0.4 is 0 Å². The van der Waals surface area contributed by atoms with Gasteiger partial charge in [0.05, 0.1) is 25.6 Å². The Morgan fingerprint density at radius 2 is 1.14 bits per heavy atom. The first-order valence-corrected chi connectivity index (χ1v) is 16.2. The van der Waals surface area contributed by atoms with Crippen molar-refractivity contribution in [3.63, 3.8) is 0 Å². The summed E-state index contributed by atoms with van der Waals surface area (Å²) in [5.74, 6) is -0.464. The van der Waals surface area contributed by atoms with Crippen molar-refractivity contribution >= 4 is 61.8 Å². The van der Waals surface area contributed by atoms with Gasteiger partial charge in [0.1, 0.15) is 22.2 Å². The lowest BCUT2D eigenvalue weighted by Crippen LogP contribution is -2.40. The van der Waals surface area contributed by atoms with Gasteiger partial charge in [-0.15, -0.1) is 22.7 Å². The van der Waals surface area contributed by atoms with Gasteiger partial charge >= 0.3 is 11.9 Å². The summed E-state index contributed by atoms with van der Waals surface area (Å²) in [4.78, 5) is 56.3. The first-order valence-electron chi connectivity index (χ1n) is 14.4. The van der Waals surface area contributed by atoms with Crippen LogP contribution in [0.15, 0.2) is 10.8 Å². The molecule has 2 radical (unpaired) electrons. The average molecular weight is 650 g/mol. The smallest absolute Gasteiger partial charge is 0.357 e. The minimum atomic E-state index is -0.789. The highest BCUT2D eigenvalue weighted by Crippen LogP contribution is 2.28. The summed E-state index contributed by atoms with van der Waals surface area (Å²) in [5.41, 5.74) is 0.435. The van der Waals surface area contributed by atoms with Crippen molar-refractivity contribution in [3.05, 3.63) is 32.2 Å². The fraction of sp³-hybridized carbons (Fsp3) is 0.643. The number of ether oxygens (including phenoxy) is 2. The SMILES string of the molecule is CCOC(=O)c1csc([C@@H](O)CC(C(C)C)N(C)[B]C=O)n1.CCOC(=O)c1csc([C@H](O)C[C@@H](C(C)C)N(C)[B]C=O)n1. The Kier molecular flexibility index (Phi) is 18.4. The Labute approximate surface area is 269 Å². The fourth-order valence-electron chi connectivity index (χ4n) is 4.37. The van der Waals surface area contributed by atoms with Gasteiger partial charge in [-0.25, -0.2) is 19.6 Å². The second-order valence-corrected chi connectivity index (χ2v) is 12.4. The number of aliphatic hydroxyl groups excluding tert-OH is 2. The summed E-state index contributed by atoms with van der Waals surface area (Å²) in [6.07, 6.45) is 0.725. The molecule has 16 heteroatoms. The number of hydrogen-bond donors (Lipinski definition) is 2. The van der Waals surface area contributed by atoms with Gasteiger partial charge in [-0.1, -0.05) is 27.7 Å². The third-order valence-corrected chi connectivity index (χ3v) is 8.58. The molecule has 0 saturated heterocycles. The number of carbonyl (C=O) groups excluding carboxylic acids is 4. The van der Waals surface area contributed by atoms with Gasteiger partial charge in [-0.2, -0.15) is 0 Å². The molecule has 0 fully saturated rings. The highest BCUT2D eigenvalue weighted by Gasteiger charge is 2.27. The maximum Gasteiger partial charge on any atom is 0.357 e. The first-order chi connectivity index (χ1) is 20.8. The molecule has 0 spiro atoms. The van der Waals surface area contributed by atoms with Crippen LogP contribution in [0.3, 0.4) is 0 Å². The molecule has 1 unspecified atom stereocenters. The topological polar surface area (TPSA) is 159 Å². The molecular weight excluding hydrogens is 606 g/mol. The number of aromatic nitrogens is 2. The molecule has 242 valence electrons. The van der Waals surface area contributed by atoms with E-state index in [1.807, 2.05) is 27.7 Å². The number of esters is 2. The zero-order chi connectivity index (χ0) is 33.4. The van der Waals surface area contributed by atoms with E-state index in [9.17, 15) is 29.4 Å². The van der Waals surface area contributed by atoms with E-state index >= 15 is 0 Å². The van der Waals surface area contributed by atoms with E-state index in [2.05, 4.69) is 9.97 Å². The zero-order valence-corrected chi connectivity index (χ0v) is 28.3. The molecule has 2 heterocycles. The van der Waals surface area contributed by atoms with Gasteiger partial charge < -0.3 is 38.9 Å². The summed E-state index contributed by atoms with van der Waals surface area (Å²) >= 11 is 2.46. The van der Waals surface area contributed by atoms with E-state index in [4.69, 9.17) is 9.47 Å². The number of aliphatic hydroxyl groups is 2. The molecule has 2 aromatic rings. The Balaban J connectivity index is 0.000000440. The minimum Gasteiger partial charge on any atom is -0.461 e. The maximum absolute atomic E-state index is 11.6. The average Bonchev–Trinajstić information content (AvgIpc) is 3.66. The van der Waals surface area contributed by atoms with E-state index in [-0.39, 0.29) is 48.5 Å². The Bertz CT molecular complexity index is 1080. The number of nitrogens with zero attached hydrogens (tertiary/aromatic N) is 4. The minimum absolute atomic E-state index is 0.00450. The number of hydrogen-bond acceptors (Lipinski definition) is 14. The normalized spacial score (nSPS) is 14.0. The van der Waals surface area contributed by atoms with Crippen LogP contribution in [0.2, 0.25) is 0 Å². The molecule has 4 atom stereocenters. The van der Waals surface area contributed by atoms with E-state index in [0.29, 0.717) is 22.9 Å². The van der Waals surface area contributed by atoms with Crippen molar-refractivity contribution in [3.8, 4) is 0 Å². The molecule has 12 nitrogen and oxygen atoms in total. The van der Waals surface area contributed by atoms with Crippen LogP contribution in [0.25, 0.3) is 0 Å². The molecule has 2 aromatic heterocycles. The lowest BCUT2D eigenvalue weighted by Gasteiger charge is -2.31. The third-order valence-electron chi connectivity index (χ3n) is 6.69. The van der Waals surface area contributed by atoms with Gasteiger partial charge in [-0.3, -0.25) is 0 Å². The van der Waals surface area contributed by atoms with Crippen molar-refractivity contribution in [2.45, 2.75) is 78.7 Å². The molecule has 0 amide bonds. The lowest BCUT2D eigenvalue weighted by atomic mass is 9.86. The van der Waals surface area contributed by atoms with Crippen molar-refractivity contribution in [2.75, 3.05) is 27.3 Å². The monoisotopic (exact) mass is 650 g/mol. The van der Waals surface area contributed by atoms with E-state index in [0.717, 1.165) is 12.4 Å². The van der Waals surface area contributed by atoms with Crippen LogP contribution >= 0.6 is 22.7 Å². The molecule has 0 aliphatic carbocycles. The molecule has 0 aliphatic rings. The Morgan fingerprint density at radius 3 is 1.41 bits per heavy atom. The Morgan fingerprint density at radius 1 is 0.795 bits per heavy atom. The Hall–Kier alpha value is -2.49. The summed E-state index contributed by atoms with van der Waals surface area (Å²) in [5, 5.41) is 24.8. The lowest BCUT2D eigenvalue weighted by molar-refractivity contribution is 0.0509. The van der Waals surface area contributed by atoms with Gasteiger partial charge in [0.25, 0.3) is 14.8 Å². The molecule has 0 aromatic carbocycles. The van der Waals surface area contributed by atoms with E-state index < -0.39 is 24.1 Å². The second-order valence-electron chi connectivity index (χ2n) is 10.6. The van der Waals surface area contributed by atoms with Crippen molar-refractivity contribution in [1.82, 2.24) is 19.6 Å². The number of thiazole rings is 2. The predicted molar refractivity (Wildman–Crippen MR) is 173 cm³/mol. The highest BCUT2D eigenvalue weighted by molar-refractivity contribution is 7.10. The van der Waals surface area contributed by atoms with Crippen LogP contribution in [0.5, 0.6) is 0 Å². The fourth-order valence-corrected chi connectivity index (χ4v) is 5.94. The number of carbonyl (C=O) groups is 4. The molecular formula is C28H44B2N4O8S2. The summed E-state index contributed by atoms with van der Waals surface area (Å²) in [7, 11) is 6.50. The predicted octanol–water partition coefficient (Wildman–Crippen LogP) is 3.02. The first kappa shape index (κ1) is 39.5. The largest absolute Gasteiger partial charge is 0.461 e. The van der Waals surface area contributed by atoms with Crippen LogP contribution in [0.1, 0.15) is 97.6 Å². The van der Waals surface area contributed by atoms with Crippen LogP contribution in [-0.2, 0) is 19.1 Å². The van der Waals surface area contributed by atoms with E-state index in [1.54, 1.807) is 48.3 Å². The van der Waals surface area contributed by atoms with Gasteiger partial charge in [0.15, 0.2) is 11.4 Å². The highest BCUT2D eigenvalue weighted by atomic mass is 32.1.